The highest BCUT2D eigenvalue weighted by molar-refractivity contribution is 7.17. The second-order valence-electron chi connectivity index (χ2n) is 6.41. The zero-order valence-corrected chi connectivity index (χ0v) is 16.9. The molecule has 0 saturated carbocycles. The maximum absolute atomic E-state index is 12.6. The molecule has 1 amide bonds. The molecule has 0 spiro atoms. The summed E-state index contributed by atoms with van der Waals surface area (Å²) in [5, 5.41) is 0. The third-order valence-electron chi connectivity index (χ3n) is 4.44. The fourth-order valence-electron chi connectivity index (χ4n) is 3.07. The zero-order chi connectivity index (χ0) is 19.5. The first-order chi connectivity index (χ1) is 13.6. The lowest BCUT2D eigenvalue weighted by atomic mass is 10.3. The number of ether oxygens (including phenoxy) is 1. The van der Waals surface area contributed by atoms with Crippen LogP contribution in [0, 0.1) is 6.92 Å². The number of carbonyl (C=O) groups excluding carboxylic acids is 1. The molecular formula is C20H19ClN4O2S. The molecule has 2 aromatic heterocycles. The van der Waals surface area contributed by atoms with Gasteiger partial charge in [0.1, 0.15) is 17.4 Å². The van der Waals surface area contributed by atoms with Crippen molar-refractivity contribution in [3.8, 4) is 11.6 Å². The molecule has 6 nitrogen and oxygen atoms in total. The van der Waals surface area contributed by atoms with E-state index in [9.17, 15) is 4.79 Å². The molecule has 0 radical (unpaired) electrons. The summed E-state index contributed by atoms with van der Waals surface area (Å²) >= 11 is 7.26. The van der Waals surface area contributed by atoms with E-state index in [1.54, 1.807) is 12.1 Å². The molecule has 0 aliphatic carbocycles. The molecule has 4 rings (SSSR count). The molecule has 0 unspecified atom stereocenters. The molecule has 1 saturated heterocycles. The van der Waals surface area contributed by atoms with Crippen molar-refractivity contribution in [2.45, 2.75) is 6.92 Å². The van der Waals surface area contributed by atoms with Crippen LogP contribution in [0.15, 0.2) is 48.5 Å². The lowest BCUT2D eigenvalue weighted by molar-refractivity contribution is 0.0751. The van der Waals surface area contributed by atoms with Crippen LogP contribution in [0.1, 0.15) is 15.5 Å². The van der Waals surface area contributed by atoms with Gasteiger partial charge in [-0.3, -0.25) is 4.79 Å². The fourth-order valence-corrected chi connectivity index (χ4v) is 4.08. The molecule has 0 atom stereocenters. The minimum Gasteiger partial charge on any atom is -0.439 e. The Hall–Kier alpha value is -2.64. The van der Waals surface area contributed by atoms with Crippen LogP contribution in [0.2, 0.25) is 4.34 Å². The van der Waals surface area contributed by atoms with Crippen molar-refractivity contribution in [2.24, 2.45) is 0 Å². The van der Waals surface area contributed by atoms with E-state index in [0.717, 1.165) is 11.6 Å². The Kier molecular flexibility index (Phi) is 5.45. The van der Waals surface area contributed by atoms with Gasteiger partial charge >= 0.3 is 0 Å². The van der Waals surface area contributed by atoms with Gasteiger partial charge in [-0.25, -0.2) is 4.98 Å². The number of aromatic nitrogens is 2. The number of carbonyl (C=O) groups is 1. The fraction of sp³-hybridized carbons (Fsp3) is 0.250. The van der Waals surface area contributed by atoms with Crippen molar-refractivity contribution in [2.75, 3.05) is 31.1 Å². The summed E-state index contributed by atoms with van der Waals surface area (Å²) in [5.74, 6) is 2.74. The topological polar surface area (TPSA) is 58.6 Å². The summed E-state index contributed by atoms with van der Waals surface area (Å²) in [6, 6.07) is 14.9. The Morgan fingerprint density at radius 2 is 1.82 bits per heavy atom. The van der Waals surface area contributed by atoms with Crippen LogP contribution in [0.3, 0.4) is 0 Å². The Labute approximate surface area is 172 Å². The zero-order valence-electron chi connectivity index (χ0n) is 15.3. The number of piperazine rings is 1. The molecule has 1 aromatic carbocycles. The number of hydrogen-bond acceptors (Lipinski definition) is 6. The number of hydrogen-bond donors (Lipinski definition) is 0. The number of aryl methyl sites for hydroxylation is 1. The molecule has 0 bridgehead atoms. The van der Waals surface area contributed by atoms with Gasteiger partial charge in [0, 0.05) is 32.2 Å². The van der Waals surface area contributed by atoms with Gasteiger partial charge in [0.2, 0.25) is 5.88 Å². The van der Waals surface area contributed by atoms with Gasteiger partial charge in [-0.05, 0) is 31.2 Å². The predicted molar refractivity (Wildman–Crippen MR) is 111 cm³/mol. The molecule has 1 fully saturated rings. The normalized spacial score (nSPS) is 14.2. The Morgan fingerprint density at radius 3 is 2.50 bits per heavy atom. The van der Waals surface area contributed by atoms with E-state index in [2.05, 4.69) is 14.9 Å². The Morgan fingerprint density at radius 1 is 1.07 bits per heavy atom. The average molecular weight is 415 g/mol. The van der Waals surface area contributed by atoms with Crippen LogP contribution in [0.25, 0.3) is 0 Å². The van der Waals surface area contributed by atoms with Crippen LogP contribution >= 0.6 is 22.9 Å². The van der Waals surface area contributed by atoms with E-state index in [4.69, 9.17) is 16.3 Å². The van der Waals surface area contributed by atoms with Crippen molar-refractivity contribution in [1.82, 2.24) is 14.9 Å². The molecule has 0 N–H and O–H groups in total. The highest BCUT2D eigenvalue weighted by Crippen LogP contribution is 2.26. The molecule has 28 heavy (non-hydrogen) atoms. The van der Waals surface area contributed by atoms with Gasteiger partial charge in [0.05, 0.1) is 9.21 Å². The maximum atomic E-state index is 12.6. The van der Waals surface area contributed by atoms with Gasteiger partial charge in [-0.15, -0.1) is 11.3 Å². The second kappa shape index (κ2) is 8.16. The SMILES string of the molecule is Cc1nc(Oc2ccccc2)cc(N2CCN(C(=O)c3ccc(Cl)s3)CC2)n1. The number of thiophene rings is 1. The summed E-state index contributed by atoms with van der Waals surface area (Å²) in [6.45, 7) is 4.51. The summed E-state index contributed by atoms with van der Waals surface area (Å²) in [5.41, 5.74) is 0. The van der Waals surface area contributed by atoms with Crippen LogP contribution in [-0.4, -0.2) is 47.0 Å². The molecule has 1 aliphatic heterocycles. The lowest BCUT2D eigenvalue weighted by Gasteiger charge is -2.35. The largest absolute Gasteiger partial charge is 0.439 e. The first kappa shape index (κ1) is 18.7. The molecule has 1 aliphatic rings. The first-order valence-electron chi connectivity index (χ1n) is 8.96. The van der Waals surface area contributed by atoms with Gasteiger partial charge in [0.25, 0.3) is 5.91 Å². The van der Waals surface area contributed by atoms with Crippen LogP contribution in [0.4, 0.5) is 5.82 Å². The average Bonchev–Trinajstić information content (AvgIpc) is 3.14. The van der Waals surface area contributed by atoms with Crippen molar-refractivity contribution in [3.05, 3.63) is 63.6 Å². The number of amides is 1. The number of anilines is 1. The van der Waals surface area contributed by atoms with E-state index >= 15 is 0 Å². The molecule has 3 heterocycles. The Bertz CT molecular complexity index is 971. The first-order valence-corrected chi connectivity index (χ1v) is 10.2. The number of para-hydroxylation sites is 1. The monoisotopic (exact) mass is 414 g/mol. The smallest absolute Gasteiger partial charge is 0.264 e. The van der Waals surface area contributed by atoms with Crippen molar-refractivity contribution < 1.29 is 9.53 Å². The highest BCUT2D eigenvalue weighted by Gasteiger charge is 2.24. The number of rotatable bonds is 4. The molecule has 8 heteroatoms. The van der Waals surface area contributed by atoms with Crippen LogP contribution in [0.5, 0.6) is 11.6 Å². The molecule has 3 aromatic rings. The minimum atomic E-state index is 0.0310. The van der Waals surface area contributed by atoms with Crippen molar-refractivity contribution >= 4 is 34.7 Å². The van der Waals surface area contributed by atoms with Crippen LogP contribution < -0.4 is 9.64 Å². The van der Waals surface area contributed by atoms with Gasteiger partial charge in [0.15, 0.2) is 0 Å². The van der Waals surface area contributed by atoms with E-state index in [0.29, 0.717) is 47.1 Å². The lowest BCUT2D eigenvalue weighted by Crippen LogP contribution is -2.49. The van der Waals surface area contributed by atoms with Gasteiger partial charge in [-0.1, -0.05) is 29.8 Å². The standard InChI is InChI=1S/C20H19ClN4O2S/c1-14-22-18(13-19(23-14)27-15-5-3-2-4-6-15)24-9-11-25(12-10-24)20(26)16-7-8-17(21)28-16/h2-8,13H,9-12H2,1H3. The Balaban J connectivity index is 1.43. The summed E-state index contributed by atoms with van der Waals surface area (Å²) in [6.07, 6.45) is 0. The second-order valence-corrected chi connectivity index (χ2v) is 8.12. The van der Waals surface area contributed by atoms with Crippen molar-refractivity contribution in [1.29, 1.82) is 0 Å². The maximum Gasteiger partial charge on any atom is 0.264 e. The number of benzene rings is 1. The molecule has 144 valence electrons. The minimum absolute atomic E-state index is 0.0310. The van der Waals surface area contributed by atoms with E-state index in [-0.39, 0.29) is 5.91 Å². The van der Waals surface area contributed by atoms with E-state index in [1.807, 2.05) is 48.2 Å². The number of halogens is 1. The third-order valence-corrected chi connectivity index (χ3v) is 5.66. The quantitative estimate of drug-likeness (QED) is 0.638. The van der Waals surface area contributed by atoms with E-state index in [1.165, 1.54) is 11.3 Å². The van der Waals surface area contributed by atoms with Crippen LogP contribution in [-0.2, 0) is 0 Å². The summed E-state index contributed by atoms with van der Waals surface area (Å²) in [4.78, 5) is 26.2. The van der Waals surface area contributed by atoms with Gasteiger partial charge < -0.3 is 14.5 Å². The molecular weight excluding hydrogens is 396 g/mol. The summed E-state index contributed by atoms with van der Waals surface area (Å²) in [7, 11) is 0. The third kappa shape index (κ3) is 4.26. The highest BCUT2D eigenvalue weighted by atomic mass is 35.5. The summed E-state index contributed by atoms with van der Waals surface area (Å²) < 4.78 is 6.49. The van der Waals surface area contributed by atoms with Gasteiger partial charge in [-0.2, -0.15) is 4.98 Å². The predicted octanol–water partition coefficient (Wildman–Crippen LogP) is 4.25. The van der Waals surface area contributed by atoms with Crippen molar-refractivity contribution in [3.63, 3.8) is 0 Å². The van der Waals surface area contributed by atoms with E-state index < -0.39 is 0 Å². The number of nitrogens with zero attached hydrogens (tertiary/aromatic N) is 4.